The molecule has 0 spiro atoms. The van der Waals surface area contributed by atoms with Gasteiger partial charge in [0, 0.05) is 18.8 Å². The Kier molecular flexibility index (Phi) is 4.55. The second kappa shape index (κ2) is 6.02. The highest BCUT2D eigenvalue weighted by Gasteiger charge is 1.95. The van der Waals surface area contributed by atoms with Crippen molar-refractivity contribution < 1.29 is 4.74 Å². The maximum absolute atomic E-state index is 5.47. The first kappa shape index (κ1) is 10.6. The van der Waals surface area contributed by atoms with Crippen LogP contribution in [0.1, 0.15) is 13.8 Å². The third kappa shape index (κ3) is 3.47. The number of hydrogen-bond acceptors (Lipinski definition) is 3. The standard InChI is InChI=1S/C11H16N2O/c1-3-5-8-14-10-6-7-13-11(9-10)12-4-2/h3,5-7,9H,4,8H2,1-2H3,(H,12,13)/b5-3+. The summed E-state index contributed by atoms with van der Waals surface area (Å²) < 4.78 is 5.47. The fourth-order valence-corrected chi connectivity index (χ4v) is 1.02. The van der Waals surface area contributed by atoms with Crippen LogP contribution in [-0.2, 0) is 0 Å². The molecule has 1 rings (SSSR count). The van der Waals surface area contributed by atoms with Gasteiger partial charge in [0.05, 0.1) is 0 Å². The summed E-state index contributed by atoms with van der Waals surface area (Å²) in [6.45, 7) is 5.48. The highest BCUT2D eigenvalue weighted by molar-refractivity contribution is 5.40. The van der Waals surface area contributed by atoms with Gasteiger partial charge in [-0.25, -0.2) is 4.98 Å². The highest BCUT2D eigenvalue weighted by Crippen LogP contribution is 2.13. The van der Waals surface area contributed by atoms with Crippen molar-refractivity contribution in [3.8, 4) is 5.75 Å². The lowest BCUT2D eigenvalue weighted by atomic mass is 10.4. The summed E-state index contributed by atoms with van der Waals surface area (Å²) in [5.74, 6) is 1.69. The van der Waals surface area contributed by atoms with Gasteiger partial charge in [0.25, 0.3) is 0 Å². The lowest BCUT2D eigenvalue weighted by Gasteiger charge is -2.05. The van der Waals surface area contributed by atoms with Gasteiger partial charge < -0.3 is 10.1 Å². The van der Waals surface area contributed by atoms with Crippen molar-refractivity contribution in [1.29, 1.82) is 0 Å². The highest BCUT2D eigenvalue weighted by atomic mass is 16.5. The Labute approximate surface area is 84.8 Å². The SMILES string of the molecule is C/C=C/COc1ccnc(NCC)c1. The number of pyridine rings is 1. The number of anilines is 1. The molecule has 0 saturated heterocycles. The number of ether oxygens (including phenoxy) is 1. The van der Waals surface area contributed by atoms with Crippen LogP contribution in [0.4, 0.5) is 5.82 Å². The maximum Gasteiger partial charge on any atom is 0.129 e. The van der Waals surface area contributed by atoms with E-state index in [0.717, 1.165) is 18.1 Å². The topological polar surface area (TPSA) is 34.1 Å². The quantitative estimate of drug-likeness (QED) is 0.728. The molecular formula is C11H16N2O. The molecule has 0 aliphatic carbocycles. The third-order valence-corrected chi connectivity index (χ3v) is 1.67. The van der Waals surface area contributed by atoms with Crippen molar-refractivity contribution in [2.24, 2.45) is 0 Å². The smallest absolute Gasteiger partial charge is 0.129 e. The molecule has 0 saturated carbocycles. The van der Waals surface area contributed by atoms with Crippen molar-refractivity contribution in [3.05, 3.63) is 30.5 Å². The van der Waals surface area contributed by atoms with E-state index in [1.807, 2.05) is 38.1 Å². The molecule has 1 aromatic heterocycles. The molecule has 76 valence electrons. The van der Waals surface area contributed by atoms with E-state index in [4.69, 9.17) is 4.74 Å². The number of nitrogens with zero attached hydrogens (tertiary/aromatic N) is 1. The first-order valence-electron chi connectivity index (χ1n) is 4.80. The van der Waals surface area contributed by atoms with Crippen LogP contribution in [0.25, 0.3) is 0 Å². The van der Waals surface area contributed by atoms with Crippen LogP contribution in [0.5, 0.6) is 5.75 Å². The second-order valence-electron chi connectivity index (χ2n) is 2.79. The van der Waals surface area contributed by atoms with Gasteiger partial charge in [0.15, 0.2) is 0 Å². The molecule has 0 aliphatic heterocycles. The summed E-state index contributed by atoms with van der Waals surface area (Å²) in [5, 5.41) is 3.13. The van der Waals surface area contributed by atoms with Crippen LogP contribution in [0, 0.1) is 0 Å². The Morgan fingerprint density at radius 3 is 3.14 bits per heavy atom. The van der Waals surface area contributed by atoms with Crippen molar-refractivity contribution in [3.63, 3.8) is 0 Å². The van der Waals surface area contributed by atoms with E-state index in [0.29, 0.717) is 6.61 Å². The van der Waals surface area contributed by atoms with E-state index >= 15 is 0 Å². The predicted molar refractivity (Wildman–Crippen MR) is 58.7 cm³/mol. The number of hydrogen-bond donors (Lipinski definition) is 1. The van der Waals surface area contributed by atoms with E-state index in [-0.39, 0.29) is 0 Å². The molecule has 0 amide bonds. The van der Waals surface area contributed by atoms with Crippen LogP contribution in [0.2, 0.25) is 0 Å². The van der Waals surface area contributed by atoms with Gasteiger partial charge in [-0.15, -0.1) is 0 Å². The second-order valence-corrected chi connectivity index (χ2v) is 2.79. The van der Waals surface area contributed by atoms with E-state index < -0.39 is 0 Å². The monoisotopic (exact) mass is 192 g/mol. The summed E-state index contributed by atoms with van der Waals surface area (Å²) in [6.07, 6.45) is 5.67. The largest absolute Gasteiger partial charge is 0.489 e. The fourth-order valence-electron chi connectivity index (χ4n) is 1.02. The molecule has 0 atom stereocenters. The van der Waals surface area contributed by atoms with Gasteiger partial charge in [-0.05, 0) is 19.9 Å². The number of allylic oxidation sites excluding steroid dienone is 1. The molecule has 3 nitrogen and oxygen atoms in total. The lowest BCUT2D eigenvalue weighted by molar-refractivity contribution is 0.362. The summed E-state index contributed by atoms with van der Waals surface area (Å²) in [5.41, 5.74) is 0. The first-order valence-corrected chi connectivity index (χ1v) is 4.80. The molecular weight excluding hydrogens is 176 g/mol. The van der Waals surface area contributed by atoms with Gasteiger partial charge in [0.2, 0.25) is 0 Å². The minimum atomic E-state index is 0.603. The summed E-state index contributed by atoms with van der Waals surface area (Å²) in [4.78, 5) is 4.15. The minimum absolute atomic E-state index is 0.603. The summed E-state index contributed by atoms with van der Waals surface area (Å²) in [6, 6.07) is 3.75. The number of aromatic nitrogens is 1. The van der Waals surface area contributed by atoms with E-state index in [2.05, 4.69) is 10.3 Å². The molecule has 0 aromatic carbocycles. The lowest BCUT2D eigenvalue weighted by Crippen LogP contribution is -2.00. The zero-order valence-corrected chi connectivity index (χ0v) is 8.66. The maximum atomic E-state index is 5.47. The van der Waals surface area contributed by atoms with Gasteiger partial charge >= 0.3 is 0 Å². The van der Waals surface area contributed by atoms with Crippen molar-refractivity contribution in [2.45, 2.75) is 13.8 Å². The summed E-state index contributed by atoms with van der Waals surface area (Å²) in [7, 11) is 0. The van der Waals surface area contributed by atoms with Crippen LogP contribution >= 0.6 is 0 Å². The molecule has 1 heterocycles. The molecule has 1 N–H and O–H groups in total. The van der Waals surface area contributed by atoms with E-state index in [9.17, 15) is 0 Å². The Morgan fingerprint density at radius 2 is 2.43 bits per heavy atom. The zero-order chi connectivity index (χ0) is 10.2. The average Bonchev–Trinajstić information content (AvgIpc) is 2.19. The first-order chi connectivity index (χ1) is 6.86. The van der Waals surface area contributed by atoms with Gasteiger partial charge in [0.1, 0.15) is 18.2 Å². The average molecular weight is 192 g/mol. The molecule has 0 aliphatic rings. The van der Waals surface area contributed by atoms with Crippen LogP contribution < -0.4 is 10.1 Å². The number of nitrogens with one attached hydrogen (secondary N) is 1. The van der Waals surface area contributed by atoms with Gasteiger partial charge in [-0.2, -0.15) is 0 Å². The zero-order valence-electron chi connectivity index (χ0n) is 8.66. The Morgan fingerprint density at radius 1 is 1.57 bits per heavy atom. The molecule has 0 radical (unpaired) electrons. The van der Waals surface area contributed by atoms with Gasteiger partial charge in [-0.3, -0.25) is 0 Å². The molecule has 1 aromatic rings. The van der Waals surface area contributed by atoms with Crippen LogP contribution in [0.15, 0.2) is 30.5 Å². The molecule has 14 heavy (non-hydrogen) atoms. The third-order valence-electron chi connectivity index (χ3n) is 1.67. The number of rotatable bonds is 5. The minimum Gasteiger partial charge on any atom is -0.489 e. The van der Waals surface area contributed by atoms with E-state index in [1.54, 1.807) is 6.20 Å². The predicted octanol–water partition coefficient (Wildman–Crippen LogP) is 2.47. The molecule has 0 bridgehead atoms. The van der Waals surface area contributed by atoms with Gasteiger partial charge in [-0.1, -0.05) is 12.2 Å². The van der Waals surface area contributed by atoms with Crippen molar-refractivity contribution in [2.75, 3.05) is 18.5 Å². The Bertz CT molecular complexity index is 297. The van der Waals surface area contributed by atoms with Crippen LogP contribution in [0.3, 0.4) is 0 Å². The summed E-state index contributed by atoms with van der Waals surface area (Å²) >= 11 is 0. The normalized spacial score (nSPS) is 10.4. The van der Waals surface area contributed by atoms with E-state index in [1.165, 1.54) is 0 Å². The van der Waals surface area contributed by atoms with Crippen LogP contribution in [-0.4, -0.2) is 18.1 Å². The van der Waals surface area contributed by atoms with Crippen molar-refractivity contribution in [1.82, 2.24) is 4.98 Å². The fraction of sp³-hybridized carbons (Fsp3) is 0.364. The molecule has 0 unspecified atom stereocenters. The Balaban J connectivity index is 2.54. The molecule has 3 heteroatoms. The Hall–Kier alpha value is -1.51. The van der Waals surface area contributed by atoms with Crippen molar-refractivity contribution >= 4 is 5.82 Å². The molecule has 0 fully saturated rings.